The molecule has 0 N–H and O–H groups in total. The standard InChI is InChI=1S/C17H18N2O2/c20-17(13-21-14-7-2-1-3-8-14)19-12-6-10-16(19)15-9-4-5-11-18-15/h1-5,7-9,11,16H,6,10,12-13H2. The highest BCUT2D eigenvalue weighted by molar-refractivity contribution is 5.78. The minimum absolute atomic E-state index is 0.0204. The van der Waals surface area contributed by atoms with Crippen molar-refractivity contribution in [1.29, 1.82) is 0 Å². The average molecular weight is 282 g/mol. The number of carbonyl (C=O) groups excluding carboxylic acids is 1. The molecule has 1 aromatic carbocycles. The van der Waals surface area contributed by atoms with Gasteiger partial charge in [-0.3, -0.25) is 9.78 Å². The van der Waals surface area contributed by atoms with Crippen LogP contribution in [0.4, 0.5) is 0 Å². The number of aromatic nitrogens is 1. The van der Waals surface area contributed by atoms with Crippen molar-refractivity contribution in [2.75, 3.05) is 13.2 Å². The smallest absolute Gasteiger partial charge is 0.261 e. The van der Waals surface area contributed by atoms with E-state index < -0.39 is 0 Å². The fourth-order valence-corrected chi connectivity index (χ4v) is 2.69. The normalized spacial score (nSPS) is 17.7. The summed E-state index contributed by atoms with van der Waals surface area (Å²) >= 11 is 0. The van der Waals surface area contributed by atoms with Gasteiger partial charge in [-0.2, -0.15) is 0 Å². The molecule has 1 unspecified atom stereocenters. The summed E-state index contributed by atoms with van der Waals surface area (Å²) in [6.07, 6.45) is 3.75. The lowest BCUT2D eigenvalue weighted by Gasteiger charge is -2.24. The summed E-state index contributed by atoms with van der Waals surface area (Å²) in [6.45, 7) is 0.853. The molecule has 21 heavy (non-hydrogen) atoms. The van der Waals surface area contributed by atoms with Crippen LogP contribution >= 0.6 is 0 Å². The van der Waals surface area contributed by atoms with Crippen molar-refractivity contribution in [3.05, 3.63) is 60.4 Å². The van der Waals surface area contributed by atoms with Crippen molar-refractivity contribution in [2.45, 2.75) is 18.9 Å². The molecule has 4 nitrogen and oxygen atoms in total. The van der Waals surface area contributed by atoms with Crippen LogP contribution in [0.25, 0.3) is 0 Å². The first-order valence-electron chi connectivity index (χ1n) is 7.23. The molecule has 0 radical (unpaired) electrons. The van der Waals surface area contributed by atoms with E-state index in [4.69, 9.17) is 4.74 Å². The van der Waals surface area contributed by atoms with E-state index in [0.717, 1.165) is 30.8 Å². The summed E-state index contributed by atoms with van der Waals surface area (Å²) in [6, 6.07) is 15.3. The van der Waals surface area contributed by atoms with Gasteiger partial charge in [0.1, 0.15) is 5.75 Å². The van der Waals surface area contributed by atoms with Gasteiger partial charge >= 0.3 is 0 Å². The summed E-state index contributed by atoms with van der Waals surface area (Å²) in [5.74, 6) is 0.742. The molecule has 1 atom stereocenters. The topological polar surface area (TPSA) is 42.4 Å². The first-order valence-corrected chi connectivity index (χ1v) is 7.23. The monoisotopic (exact) mass is 282 g/mol. The van der Waals surface area contributed by atoms with E-state index in [9.17, 15) is 4.79 Å². The Balaban J connectivity index is 1.64. The van der Waals surface area contributed by atoms with Crippen LogP contribution in [0.1, 0.15) is 24.6 Å². The number of amides is 1. The summed E-state index contributed by atoms with van der Waals surface area (Å²) in [7, 11) is 0. The quantitative estimate of drug-likeness (QED) is 0.866. The minimum atomic E-state index is 0.0204. The van der Waals surface area contributed by atoms with Crippen LogP contribution in [-0.2, 0) is 4.79 Å². The van der Waals surface area contributed by atoms with Gasteiger partial charge in [0.05, 0.1) is 11.7 Å². The summed E-state index contributed by atoms with van der Waals surface area (Å²) in [4.78, 5) is 18.6. The predicted octanol–water partition coefficient (Wildman–Crippen LogP) is 2.82. The largest absolute Gasteiger partial charge is 0.484 e. The van der Waals surface area contributed by atoms with Crippen molar-refractivity contribution >= 4 is 5.91 Å². The Morgan fingerprint density at radius 1 is 1.19 bits per heavy atom. The Morgan fingerprint density at radius 2 is 2.00 bits per heavy atom. The van der Waals surface area contributed by atoms with E-state index in [-0.39, 0.29) is 18.6 Å². The molecule has 1 fully saturated rings. The van der Waals surface area contributed by atoms with Crippen LogP contribution in [0.5, 0.6) is 5.75 Å². The lowest BCUT2D eigenvalue weighted by atomic mass is 10.1. The van der Waals surface area contributed by atoms with Crippen LogP contribution < -0.4 is 4.74 Å². The summed E-state index contributed by atoms with van der Waals surface area (Å²) < 4.78 is 5.55. The second-order valence-electron chi connectivity index (χ2n) is 5.10. The first-order chi connectivity index (χ1) is 10.3. The van der Waals surface area contributed by atoms with Gasteiger partial charge in [0.15, 0.2) is 6.61 Å². The fourth-order valence-electron chi connectivity index (χ4n) is 2.69. The molecule has 1 amide bonds. The van der Waals surface area contributed by atoms with Crippen LogP contribution in [-0.4, -0.2) is 28.9 Å². The Bertz CT molecular complexity index is 586. The van der Waals surface area contributed by atoms with Crippen LogP contribution in [0.15, 0.2) is 54.7 Å². The van der Waals surface area contributed by atoms with Crippen LogP contribution in [0, 0.1) is 0 Å². The zero-order chi connectivity index (χ0) is 14.5. The van der Waals surface area contributed by atoms with Crippen LogP contribution in [0.2, 0.25) is 0 Å². The molecule has 1 saturated heterocycles. The molecule has 0 aliphatic carbocycles. The molecular weight excluding hydrogens is 264 g/mol. The van der Waals surface area contributed by atoms with Crippen molar-refractivity contribution in [3.63, 3.8) is 0 Å². The maximum absolute atomic E-state index is 12.4. The third-order valence-electron chi connectivity index (χ3n) is 3.71. The van der Waals surface area contributed by atoms with Gasteiger partial charge in [0.2, 0.25) is 0 Å². The molecule has 0 saturated carbocycles. The van der Waals surface area contributed by atoms with E-state index in [1.165, 1.54) is 0 Å². The third-order valence-corrected chi connectivity index (χ3v) is 3.71. The molecular formula is C17H18N2O2. The van der Waals surface area contributed by atoms with Gasteiger partial charge < -0.3 is 9.64 Å². The van der Waals surface area contributed by atoms with Gasteiger partial charge in [-0.15, -0.1) is 0 Å². The predicted molar refractivity (Wildman–Crippen MR) is 79.9 cm³/mol. The fraction of sp³-hybridized carbons (Fsp3) is 0.294. The molecule has 1 aliphatic heterocycles. The van der Waals surface area contributed by atoms with Crippen LogP contribution in [0.3, 0.4) is 0 Å². The molecule has 2 heterocycles. The Kier molecular flexibility index (Phi) is 4.15. The lowest BCUT2D eigenvalue weighted by molar-refractivity contribution is -0.134. The van der Waals surface area contributed by atoms with Crippen molar-refractivity contribution in [1.82, 2.24) is 9.88 Å². The molecule has 1 aliphatic rings. The molecule has 108 valence electrons. The number of likely N-dealkylation sites (tertiary alicyclic amines) is 1. The maximum atomic E-state index is 12.4. The first kappa shape index (κ1) is 13.6. The summed E-state index contributed by atoms with van der Waals surface area (Å²) in [5, 5.41) is 0. The molecule has 4 heteroatoms. The number of hydrogen-bond donors (Lipinski definition) is 0. The number of carbonyl (C=O) groups is 1. The van der Waals surface area contributed by atoms with E-state index in [1.54, 1.807) is 6.20 Å². The molecule has 3 rings (SSSR count). The van der Waals surface area contributed by atoms with Gasteiger partial charge in [-0.1, -0.05) is 24.3 Å². The number of benzene rings is 1. The van der Waals surface area contributed by atoms with E-state index >= 15 is 0 Å². The zero-order valence-electron chi connectivity index (χ0n) is 11.8. The SMILES string of the molecule is O=C(COc1ccccc1)N1CCCC1c1ccccn1. The lowest BCUT2D eigenvalue weighted by Crippen LogP contribution is -2.34. The minimum Gasteiger partial charge on any atom is -0.484 e. The zero-order valence-corrected chi connectivity index (χ0v) is 11.8. The Labute approximate surface area is 124 Å². The third kappa shape index (κ3) is 3.21. The molecule has 2 aromatic rings. The second kappa shape index (κ2) is 6.39. The summed E-state index contributed by atoms with van der Waals surface area (Å²) in [5.41, 5.74) is 0.961. The van der Waals surface area contributed by atoms with Gasteiger partial charge in [-0.05, 0) is 37.1 Å². The van der Waals surface area contributed by atoms with Gasteiger partial charge in [0.25, 0.3) is 5.91 Å². The number of ether oxygens (including phenoxy) is 1. The maximum Gasteiger partial charge on any atom is 0.261 e. The van der Waals surface area contributed by atoms with Crippen molar-refractivity contribution in [2.24, 2.45) is 0 Å². The highest BCUT2D eigenvalue weighted by Crippen LogP contribution is 2.30. The highest BCUT2D eigenvalue weighted by Gasteiger charge is 2.30. The van der Waals surface area contributed by atoms with E-state index in [0.29, 0.717) is 0 Å². The number of para-hydroxylation sites is 1. The molecule has 0 spiro atoms. The number of pyridine rings is 1. The van der Waals surface area contributed by atoms with Gasteiger partial charge in [0, 0.05) is 12.7 Å². The van der Waals surface area contributed by atoms with Crippen molar-refractivity contribution < 1.29 is 9.53 Å². The number of nitrogens with zero attached hydrogens (tertiary/aromatic N) is 2. The van der Waals surface area contributed by atoms with Gasteiger partial charge in [-0.25, -0.2) is 0 Å². The number of hydrogen-bond acceptors (Lipinski definition) is 3. The Morgan fingerprint density at radius 3 is 2.76 bits per heavy atom. The Hall–Kier alpha value is -2.36. The molecule has 0 bridgehead atoms. The molecule has 1 aromatic heterocycles. The average Bonchev–Trinajstić information content (AvgIpc) is 3.04. The van der Waals surface area contributed by atoms with E-state index in [2.05, 4.69) is 4.98 Å². The number of rotatable bonds is 4. The second-order valence-corrected chi connectivity index (χ2v) is 5.10. The highest BCUT2D eigenvalue weighted by atomic mass is 16.5. The van der Waals surface area contributed by atoms with E-state index in [1.807, 2.05) is 53.4 Å². The van der Waals surface area contributed by atoms with Crippen molar-refractivity contribution in [3.8, 4) is 5.75 Å².